The normalized spacial score (nSPS) is 21.4. The van der Waals surface area contributed by atoms with Crippen molar-refractivity contribution in [2.75, 3.05) is 39.4 Å². The van der Waals surface area contributed by atoms with Crippen molar-refractivity contribution in [1.82, 2.24) is 9.80 Å². The molecule has 0 unspecified atom stereocenters. The Bertz CT molecular complexity index is 274. The number of urea groups is 1. The number of rotatable bonds is 4. The average molecular weight is 269 g/mol. The fraction of sp³-hybridized carbons (Fsp3) is 0.929. The van der Waals surface area contributed by atoms with E-state index in [-0.39, 0.29) is 6.03 Å². The van der Waals surface area contributed by atoms with E-state index in [0.717, 1.165) is 38.9 Å². The Labute approximate surface area is 116 Å². The van der Waals surface area contributed by atoms with Gasteiger partial charge in [0.25, 0.3) is 0 Å². The Morgan fingerprint density at radius 2 is 1.89 bits per heavy atom. The van der Waals surface area contributed by atoms with Crippen molar-refractivity contribution in [2.24, 2.45) is 5.73 Å². The molecule has 1 aliphatic carbocycles. The van der Waals surface area contributed by atoms with E-state index >= 15 is 0 Å². The molecule has 19 heavy (non-hydrogen) atoms. The van der Waals surface area contributed by atoms with Crippen LogP contribution in [0.5, 0.6) is 0 Å². The van der Waals surface area contributed by atoms with Crippen LogP contribution in [0.25, 0.3) is 0 Å². The van der Waals surface area contributed by atoms with E-state index in [1.54, 1.807) is 0 Å². The van der Waals surface area contributed by atoms with Gasteiger partial charge < -0.3 is 20.3 Å². The van der Waals surface area contributed by atoms with Gasteiger partial charge in [-0.3, -0.25) is 0 Å². The molecule has 0 radical (unpaired) electrons. The summed E-state index contributed by atoms with van der Waals surface area (Å²) in [5.74, 6) is 0. The summed E-state index contributed by atoms with van der Waals surface area (Å²) >= 11 is 0. The largest absolute Gasteiger partial charge is 0.378 e. The summed E-state index contributed by atoms with van der Waals surface area (Å²) in [6.07, 6.45) is 7.02. The molecule has 2 fully saturated rings. The fourth-order valence-corrected chi connectivity index (χ4v) is 3.03. The van der Waals surface area contributed by atoms with E-state index in [1.165, 1.54) is 19.3 Å². The molecule has 0 bridgehead atoms. The van der Waals surface area contributed by atoms with Gasteiger partial charge in [-0.1, -0.05) is 19.3 Å². The van der Waals surface area contributed by atoms with Gasteiger partial charge in [0, 0.05) is 25.7 Å². The molecule has 0 aromatic carbocycles. The van der Waals surface area contributed by atoms with Crippen molar-refractivity contribution in [3.8, 4) is 0 Å². The minimum absolute atomic E-state index is 0.198. The van der Waals surface area contributed by atoms with E-state index in [0.29, 0.717) is 25.8 Å². The van der Waals surface area contributed by atoms with Crippen LogP contribution >= 0.6 is 0 Å². The second kappa shape index (κ2) is 7.70. The Kier molecular flexibility index (Phi) is 5.92. The van der Waals surface area contributed by atoms with E-state index in [2.05, 4.69) is 4.90 Å². The third kappa shape index (κ3) is 4.08. The SMILES string of the molecule is NCCCN(C(=O)N1CCOCC1)C1CCCCC1. The Balaban J connectivity index is 1.95. The van der Waals surface area contributed by atoms with Crippen LogP contribution in [0, 0.1) is 0 Å². The van der Waals surface area contributed by atoms with Gasteiger partial charge in [-0.15, -0.1) is 0 Å². The number of amides is 2. The average Bonchev–Trinajstić information content (AvgIpc) is 2.49. The molecule has 110 valence electrons. The summed E-state index contributed by atoms with van der Waals surface area (Å²) in [5.41, 5.74) is 5.61. The second-order valence-electron chi connectivity index (χ2n) is 5.51. The Hall–Kier alpha value is -0.810. The van der Waals surface area contributed by atoms with Gasteiger partial charge in [0.2, 0.25) is 0 Å². The highest BCUT2D eigenvalue weighted by molar-refractivity contribution is 5.75. The number of carbonyl (C=O) groups excluding carboxylic acids is 1. The smallest absolute Gasteiger partial charge is 0.320 e. The summed E-state index contributed by atoms with van der Waals surface area (Å²) in [4.78, 5) is 16.7. The summed E-state index contributed by atoms with van der Waals surface area (Å²) in [7, 11) is 0. The molecule has 0 aromatic heterocycles. The zero-order chi connectivity index (χ0) is 13.5. The quantitative estimate of drug-likeness (QED) is 0.839. The lowest BCUT2D eigenvalue weighted by molar-refractivity contribution is 0.0368. The molecule has 2 aliphatic rings. The van der Waals surface area contributed by atoms with Crippen molar-refractivity contribution >= 4 is 6.03 Å². The highest BCUT2D eigenvalue weighted by Gasteiger charge is 2.29. The van der Waals surface area contributed by atoms with Crippen LogP contribution in [0.15, 0.2) is 0 Å². The lowest BCUT2D eigenvalue weighted by Crippen LogP contribution is -2.52. The van der Waals surface area contributed by atoms with Crippen molar-refractivity contribution in [1.29, 1.82) is 0 Å². The lowest BCUT2D eigenvalue weighted by atomic mass is 9.94. The molecule has 0 spiro atoms. The molecule has 5 nitrogen and oxygen atoms in total. The number of hydrogen-bond donors (Lipinski definition) is 1. The van der Waals surface area contributed by atoms with Gasteiger partial charge in [-0.05, 0) is 25.8 Å². The second-order valence-corrected chi connectivity index (χ2v) is 5.51. The number of morpholine rings is 1. The van der Waals surface area contributed by atoms with Crippen LogP contribution in [0.1, 0.15) is 38.5 Å². The third-order valence-corrected chi connectivity index (χ3v) is 4.15. The van der Waals surface area contributed by atoms with Gasteiger partial charge in [-0.25, -0.2) is 4.79 Å². The predicted octanol–water partition coefficient (Wildman–Crippen LogP) is 1.42. The molecular weight excluding hydrogens is 242 g/mol. The van der Waals surface area contributed by atoms with Crippen LogP contribution in [-0.4, -0.2) is 61.3 Å². The van der Waals surface area contributed by atoms with Crippen molar-refractivity contribution in [3.05, 3.63) is 0 Å². The molecule has 2 N–H and O–H groups in total. The predicted molar refractivity (Wildman–Crippen MR) is 75.0 cm³/mol. The van der Waals surface area contributed by atoms with Crippen LogP contribution in [0.3, 0.4) is 0 Å². The molecule has 1 saturated heterocycles. The first-order valence-electron chi connectivity index (χ1n) is 7.66. The zero-order valence-electron chi connectivity index (χ0n) is 11.9. The van der Waals surface area contributed by atoms with E-state index < -0.39 is 0 Å². The molecule has 1 aliphatic heterocycles. The first-order valence-corrected chi connectivity index (χ1v) is 7.66. The summed E-state index contributed by atoms with van der Waals surface area (Å²) in [6, 6.07) is 0.624. The van der Waals surface area contributed by atoms with Gasteiger partial charge in [-0.2, -0.15) is 0 Å². The third-order valence-electron chi connectivity index (χ3n) is 4.15. The molecule has 5 heteroatoms. The maximum Gasteiger partial charge on any atom is 0.320 e. The molecule has 0 atom stereocenters. The number of ether oxygens (including phenoxy) is 1. The van der Waals surface area contributed by atoms with Crippen molar-refractivity contribution < 1.29 is 9.53 Å². The van der Waals surface area contributed by atoms with Gasteiger partial charge in [0.1, 0.15) is 0 Å². The molecule has 1 heterocycles. The first kappa shape index (κ1) is 14.6. The van der Waals surface area contributed by atoms with E-state index in [1.807, 2.05) is 4.90 Å². The molecule has 0 aromatic rings. The molecular formula is C14H27N3O2. The molecule has 2 rings (SSSR count). The topological polar surface area (TPSA) is 58.8 Å². The van der Waals surface area contributed by atoms with E-state index in [9.17, 15) is 4.79 Å². The van der Waals surface area contributed by atoms with Crippen molar-refractivity contribution in [2.45, 2.75) is 44.6 Å². The maximum absolute atomic E-state index is 12.7. The van der Waals surface area contributed by atoms with Crippen LogP contribution in [0.2, 0.25) is 0 Å². The Morgan fingerprint density at radius 3 is 2.53 bits per heavy atom. The monoisotopic (exact) mass is 269 g/mol. The van der Waals surface area contributed by atoms with Gasteiger partial charge in [0.15, 0.2) is 0 Å². The highest BCUT2D eigenvalue weighted by Crippen LogP contribution is 2.24. The summed E-state index contributed by atoms with van der Waals surface area (Å²) < 4.78 is 5.32. The minimum Gasteiger partial charge on any atom is -0.378 e. The number of carbonyl (C=O) groups is 1. The van der Waals surface area contributed by atoms with Gasteiger partial charge in [0.05, 0.1) is 13.2 Å². The summed E-state index contributed by atoms with van der Waals surface area (Å²) in [5, 5.41) is 0. The van der Waals surface area contributed by atoms with Crippen LogP contribution in [-0.2, 0) is 4.74 Å². The fourth-order valence-electron chi connectivity index (χ4n) is 3.03. The number of nitrogens with two attached hydrogens (primary N) is 1. The first-order chi connectivity index (χ1) is 9.33. The van der Waals surface area contributed by atoms with Crippen molar-refractivity contribution in [3.63, 3.8) is 0 Å². The number of nitrogens with zero attached hydrogens (tertiary/aromatic N) is 2. The van der Waals surface area contributed by atoms with Crippen LogP contribution < -0.4 is 5.73 Å². The molecule has 1 saturated carbocycles. The van der Waals surface area contributed by atoms with Crippen LogP contribution in [0.4, 0.5) is 4.79 Å². The Morgan fingerprint density at radius 1 is 1.21 bits per heavy atom. The minimum atomic E-state index is 0.198. The highest BCUT2D eigenvalue weighted by atomic mass is 16.5. The number of hydrogen-bond acceptors (Lipinski definition) is 3. The standard InChI is InChI=1S/C14H27N3O2/c15-7-4-8-17(13-5-2-1-3-6-13)14(18)16-9-11-19-12-10-16/h13H,1-12,15H2. The summed E-state index contributed by atoms with van der Waals surface area (Å²) in [6.45, 7) is 4.24. The molecule has 2 amide bonds. The zero-order valence-corrected chi connectivity index (χ0v) is 11.9. The van der Waals surface area contributed by atoms with Gasteiger partial charge >= 0.3 is 6.03 Å². The maximum atomic E-state index is 12.7. The van der Waals surface area contributed by atoms with E-state index in [4.69, 9.17) is 10.5 Å². The lowest BCUT2D eigenvalue weighted by Gasteiger charge is -2.39.